The zero-order valence-corrected chi connectivity index (χ0v) is 19.9. The van der Waals surface area contributed by atoms with Gasteiger partial charge in [0.2, 0.25) is 0 Å². The van der Waals surface area contributed by atoms with Gasteiger partial charge >= 0.3 is 6.03 Å². The normalized spacial score (nSPS) is 14.8. The molecule has 1 fully saturated rings. The van der Waals surface area contributed by atoms with Crippen LogP contribution in [0.4, 0.5) is 10.5 Å². The number of carbonyl (C=O) groups is 3. The van der Waals surface area contributed by atoms with E-state index in [-0.39, 0.29) is 5.57 Å². The zero-order valence-electron chi connectivity index (χ0n) is 18.3. The predicted octanol–water partition coefficient (Wildman–Crippen LogP) is 5.09. The zero-order chi connectivity index (χ0) is 24.1. The average molecular weight is 521 g/mol. The molecule has 0 aliphatic carbocycles. The van der Waals surface area contributed by atoms with Gasteiger partial charge < -0.3 is 9.47 Å². The Kier molecular flexibility index (Phi) is 7.08. The van der Waals surface area contributed by atoms with Gasteiger partial charge in [-0.2, -0.15) is 0 Å². The third-order valence-electron chi connectivity index (χ3n) is 5.01. The van der Waals surface area contributed by atoms with Crippen LogP contribution in [0.15, 0.2) is 82.8 Å². The fourth-order valence-electron chi connectivity index (χ4n) is 3.38. The van der Waals surface area contributed by atoms with Gasteiger partial charge in [-0.15, -0.1) is 0 Å². The molecule has 0 bridgehead atoms. The molecule has 7 nitrogen and oxygen atoms in total. The number of carbonyl (C=O) groups excluding carboxylic acids is 3. The Hall–Kier alpha value is -3.91. The maximum Gasteiger partial charge on any atom is 0.335 e. The molecule has 0 unspecified atom stereocenters. The topological polar surface area (TPSA) is 84.9 Å². The maximum absolute atomic E-state index is 13.1. The first-order valence-electron chi connectivity index (χ1n) is 10.6. The van der Waals surface area contributed by atoms with E-state index < -0.39 is 17.8 Å². The molecule has 0 radical (unpaired) electrons. The lowest BCUT2D eigenvalue weighted by atomic mass is 10.1. The first-order valence-corrected chi connectivity index (χ1v) is 11.4. The summed E-state index contributed by atoms with van der Waals surface area (Å²) in [4.78, 5) is 38.9. The quantitative estimate of drug-likeness (QED) is 0.346. The Labute approximate surface area is 205 Å². The summed E-state index contributed by atoms with van der Waals surface area (Å²) >= 11 is 3.48. The number of amides is 4. The lowest BCUT2D eigenvalue weighted by Crippen LogP contribution is -2.54. The minimum atomic E-state index is -0.804. The van der Waals surface area contributed by atoms with Gasteiger partial charge in [-0.1, -0.05) is 36.4 Å². The summed E-state index contributed by atoms with van der Waals surface area (Å²) < 4.78 is 11.9. The van der Waals surface area contributed by atoms with Crippen molar-refractivity contribution < 1.29 is 23.9 Å². The number of ether oxygens (including phenoxy) is 2. The van der Waals surface area contributed by atoms with Crippen LogP contribution in [0.25, 0.3) is 6.08 Å². The van der Waals surface area contributed by atoms with Crippen molar-refractivity contribution in [3.8, 4) is 11.5 Å². The van der Waals surface area contributed by atoms with Crippen LogP contribution >= 0.6 is 15.9 Å². The second kappa shape index (κ2) is 10.4. The summed E-state index contributed by atoms with van der Waals surface area (Å²) in [6, 6.07) is 20.7. The lowest BCUT2D eigenvalue weighted by Gasteiger charge is -2.26. The van der Waals surface area contributed by atoms with Crippen molar-refractivity contribution in [2.45, 2.75) is 13.5 Å². The lowest BCUT2D eigenvalue weighted by molar-refractivity contribution is -0.122. The second-order valence-corrected chi connectivity index (χ2v) is 8.20. The Balaban J connectivity index is 1.55. The smallest absolute Gasteiger partial charge is 0.335 e. The Bertz CT molecular complexity index is 1260. The molecule has 1 aliphatic rings. The Morgan fingerprint density at radius 3 is 2.35 bits per heavy atom. The number of halogens is 1. The molecule has 0 spiro atoms. The summed E-state index contributed by atoms with van der Waals surface area (Å²) in [6.45, 7) is 2.76. The predicted molar refractivity (Wildman–Crippen MR) is 132 cm³/mol. The van der Waals surface area contributed by atoms with Gasteiger partial charge in [0.1, 0.15) is 23.7 Å². The van der Waals surface area contributed by atoms with Gasteiger partial charge in [-0.05, 0) is 76.5 Å². The molecule has 1 saturated heterocycles. The fraction of sp³-hybridized carbons (Fsp3) is 0.115. The second-order valence-electron chi connectivity index (χ2n) is 7.35. The number of benzene rings is 3. The van der Waals surface area contributed by atoms with E-state index in [0.717, 1.165) is 10.5 Å². The van der Waals surface area contributed by atoms with E-state index in [4.69, 9.17) is 9.47 Å². The van der Waals surface area contributed by atoms with Gasteiger partial charge in [0.15, 0.2) is 0 Å². The van der Waals surface area contributed by atoms with Crippen molar-refractivity contribution in [1.29, 1.82) is 0 Å². The van der Waals surface area contributed by atoms with Crippen LogP contribution in [0.1, 0.15) is 18.1 Å². The number of nitrogens with one attached hydrogen (secondary N) is 1. The van der Waals surface area contributed by atoms with Gasteiger partial charge in [0.25, 0.3) is 11.8 Å². The maximum atomic E-state index is 13.1. The minimum Gasteiger partial charge on any atom is -0.494 e. The number of urea groups is 1. The highest BCUT2D eigenvalue weighted by Crippen LogP contribution is 2.29. The molecule has 0 aromatic heterocycles. The highest BCUT2D eigenvalue weighted by molar-refractivity contribution is 9.10. The van der Waals surface area contributed by atoms with Gasteiger partial charge in [0, 0.05) is 0 Å². The molecule has 3 aromatic rings. The third kappa shape index (κ3) is 5.18. The summed E-state index contributed by atoms with van der Waals surface area (Å²) in [5.41, 5.74) is 1.80. The number of nitrogens with zero attached hydrogens (tertiary/aromatic N) is 1. The SMILES string of the molecule is CCOc1ccc(N2C(=O)NC(=O)/C(=C\c3ccc(OCc4ccccc4)c(Br)c3)C2=O)cc1. The molecule has 1 aliphatic heterocycles. The Morgan fingerprint density at radius 2 is 1.68 bits per heavy atom. The molecule has 3 aromatic carbocycles. The fourth-order valence-corrected chi connectivity index (χ4v) is 3.89. The van der Waals surface area contributed by atoms with Gasteiger partial charge in [-0.25, -0.2) is 9.69 Å². The van der Waals surface area contributed by atoms with Crippen LogP contribution in [0.5, 0.6) is 11.5 Å². The number of hydrogen-bond donors (Lipinski definition) is 1. The van der Waals surface area contributed by atoms with E-state index >= 15 is 0 Å². The summed E-state index contributed by atoms with van der Waals surface area (Å²) in [6.07, 6.45) is 1.44. The standard InChI is InChI=1S/C26H21BrN2O5/c1-2-33-20-11-9-19(10-12-20)29-25(31)21(24(30)28-26(29)32)14-18-8-13-23(22(27)15-18)34-16-17-6-4-3-5-7-17/h3-15H,2,16H2,1H3,(H,28,30,32)/b21-14+. The molecule has 34 heavy (non-hydrogen) atoms. The van der Waals surface area contributed by atoms with E-state index in [1.165, 1.54) is 6.08 Å². The first-order chi connectivity index (χ1) is 16.5. The monoisotopic (exact) mass is 520 g/mol. The molecule has 172 valence electrons. The van der Waals surface area contributed by atoms with E-state index in [2.05, 4.69) is 21.2 Å². The van der Waals surface area contributed by atoms with Crippen molar-refractivity contribution in [3.63, 3.8) is 0 Å². The highest BCUT2D eigenvalue weighted by Gasteiger charge is 2.36. The average Bonchev–Trinajstić information content (AvgIpc) is 2.83. The van der Waals surface area contributed by atoms with E-state index in [1.54, 1.807) is 42.5 Å². The molecular weight excluding hydrogens is 500 g/mol. The van der Waals surface area contributed by atoms with Crippen LogP contribution in [-0.2, 0) is 16.2 Å². The van der Waals surface area contributed by atoms with Crippen molar-refractivity contribution >= 4 is 45.5 Å². The number of imide groups is 2. The Morgan fingerprint density at radius 1 is 0.941 bits per heavy atom. The van der Waals surface area contributed by atoms with Crippen molar-refractivity contribution in [1.82, 2.24) is 5.32 Å². The minimum absolute atomic E-state index is 0.154. The van der Waals surface area contributed by atoms with Crippen LogP contribution in [0.3, 0.4) is 0 Å². The van der Waals surface area contributed by atoms with E-state index in [1.807, 2.05) is 37.3 Å². The van der Waals surface area contributed by atoms with Crippen LogP contribution in [0.2, 0.25) is 0 Å². The van der Waals surface area contributed by atoms with E-state index in [9.17, 15) is 14.4 Å². The van der Waals surface area contributed by atoms with Gasteiger partial charge in [0.05, 0.1) is 16.8 Å². The van der Waals surface area contributed by atoms with Crippen molar-refractivity contribution in [2.75, 3.05) is 11.5 Å². The molecule has 1 N–H and O–H groups in total. The van der Waals surface area contributed by atoms with Gasteiger partial charge in [-0.3, -0.25) is 14.9 Å². The molecule has 0 atom stereocenters. The number of barbiturate groups is 1. The summed E-state index contributed by atoms with van der Waals surface area (Å²) in [5, 5.41) is 2.22. The molecule has 1 heterocycles. The number of rotatable bonds is 7. The van der Waals surface area contributed by atoms with Crippen molar-refractivity contribution in [2.24, 2.45) is 0 Å². The molecule has 4 rings (SSSR count). The third-order valence-corrected chi connectivity index (χ3v) is 5.63. The first kappa shape index (κ1) is 23.3. The van der Waals surface area contributed by atoms with Crippen LogP contribution < -0.4 is 19.7 Å². The molecule has 4 amide bonds. The van der Waals surface area contributed by atoms with Crippen LogP contribution in [0, 0.1) is 0 Å². The summed E-state index contributed by atoms with van der Waals surface area (Å²) in [7, 11) is 0. The van der Waals surface area contributed by atoms with E-state index in [0.29, 0.717) is 40.4 Å². The highest BCUT2D eigenvalue weighted by atomic mass is 79.9. The van der Waals surface area contributed by atoms with Crippen molar-refractivity contribution in [3.05, 3.63) is 94.0 Å². The summed E-state index contributed by atoms with van der Waals surface area (Å²) in [5.74, 6) is -0.227. The number of hydrogen-bond acceptors (Lipinski definition) is 5. The molecule has 8 heteroatoms. The molecule has 0 saturated carbocycles. The van der Waals surface area contributed by atoms with Crippen LogP contribution in [-0.4, -0.2) is 24.5 Å². The largest absolute Gasteiger partial charge is 0.494 e. The number of anilines is 1. The molecular formula is C26H21BrN2O5.